The number of fused-ring (bicyclic) bond motifs is 1. The largest absolute Gasteiger partial charge is 0.741 e. The Kier molecular flexibility index (Phi) is 10.1. The van der Waals surface area contributed by atoms with Gasteiger partial charge in [-0.1, -0.05) is 4.98 Å². The zero-order valence-corrected chi connectivity index (χ0v) is 27.2. The molecule has 1 aliphatic heterocycles. The van der Waals surface area contributed by atoms with E-state index in [-0.39, 0.29) is 24.7 Å². The average molecular weight is 647 g/mol. The minimum atomic E-state index is -0.00721. The minimum Gasteiger partial charge on any atom is -0.741 e. The van der Waals surface area contributed by atoms with Crippen molar-refractivity contribution >= 4 is 35.3 Å². The molecule has 1 saturated carbocycles. The molecule has 0 aromatic carbocycles. The molecule has 1 saturated heterocycles. The summed E-state index contributed by atoms with van der Waals surface area (Å²) >= 11 is 0. The van der Waals surface area contributed by atoms with Crippen molar-refractivity contribution in [3.05, 3.63) is 47.8 Å². The van der Waals surface area contributed by atoms with Crippen molar-refractivity contribution in [1.82, 2.24) is 34.4 Å². The molecule has 0 radical (unpaired) electrons. The lowest BCUT2D eigenvalue weighted by Gasteiger charge is -2.31. The van der Waals surface area contributed by atoms with Gasteiger partial charge in [0.2, 0.25) is 11.8 Å². The van der Waals surface area contributed by atoms with Crippen molar-refractivity contribution in [1.29, 1.82) is 0 Å². The van der Waals surface area contributed by atoms with Gasteiger partial charge in [-0.25, -0.2) is 14.5 Å². The smallest absolute Gasteiger partial charge is 0.398 e. The van der Waals surface area contributed by atoms with E-state index in [1.165, 1.54) is 0 Å². The molecule has 250 valence electrons. The molecular formula is C32H42N10O5. The van der Waals surface area contributed by atoms with Crippen LogP contribution in [0.1, 0.15) is 31.4 Å². The first-order valence-electron chi connectivity index (χ1n) is 15.9. The molecule has 15 heteroatoms. The second kappa shape index (κ2) is 14.8. The molecular weight excluding hydrogens is 604 g/mol. The lowest BCUT2D eigenvalue weighted by atomic mass is 9.93. The average Bonchev–Trinajstić information content (AvgIpc) is 3.46. The number of aromatic nitrogens is 6. The number of imidazole rings is 1. The lowest BCUT2D eigenvalue weighted by Crippen LogP contribution is -2.37. The van der Waals surface area contributed by atoms with Crippen LogP contribution in [0.4, 0.5) is 17.7 Å². The van der Waals surface area contributed by atoms with Crippen LogP contribution < -0.4 is 24.4 Å². The number of ether oxygens (including phenoxy) is 4. The molecule has 2 fully saturated rings. The van der Waals surface area contributed by atoms with Crippen LogP contribution in [0, 0.1) is 5.21 Å². The maximum absolute atomic E-state index is 11.6. The Morgan fingerprint density at radius 2 is 1.74 bits per heavy atom. The van der Waals surface area contributed by atoms with E-state index in [1.807, 2.05) is 26.2 Å². The van der Waals surface area contributed by atoms with Crippen molar-refractivity contribution in [2.24, 2.45) is 7.05 Å². The molecule has 15 nitrogen and oxygen atoms in total. The van der Waals surface area contributed by atoms with Crippen molar-refractivity contribution in [3.63, 3.8) is 0 Å². The molecule has 0 unspecified atom stereocenters. The van der Waals surface area contributed by atoms with E-state index in [0.29, 0.717) is 47.9 Å². The Labute approximate surface area is 273 Å². The normalized spacial score (nSPS) is 18.3. The van der Waals surface area contributed by atoms with E-state index in [2.05, 4.69) is 36.8 Å². The molecule has 2 aliphatic rings. The van der Waals surface area contributed by atoms with Crippen LogP contribution in [-0.4, -0.2) is 112 Å². The van der Waals surface area contributed by atoms with Crippen molar-refractivity contribution in [2.45, 2.75) is 44.4 Å². The summed E-state index contributed by atoms with van der Waals surface area (Å²) in [6.07, 6.45) is 10.2. The summed E-state index contributed by atoms with van der Waals surface area (Å²) in [6, 6.07) is 4.14. The summed E-state index contributed by atoms with van der Waals surface area (Å²) < 4.78 is 26.1. The summed E-state index contributed by atoms with van der Waals surface area (Å²) in [4.78, 5) is 27.0. The zero-order chi connectivity index (χ0) is 32.8. The van der Waals surface area contributed by atoms with Gasteiger partial charge >= 0.3 is 5.95 Å². The van der Waals surface area contributed by atoms with Gasteiger partial charge in [0, 0.05) is 38.5 Å². The molecule has 4 aromatic rings. The third-order valence-electron chi connectivity index (χ3n) is 8.33. The first-order chi connectivity index (χ1) is 22.8. The van der Waals surface area contributed by atoms with Crippen LogP contribution in [-0.2, 0) is 18.4 Å². The van der Waals surface area contributed by atoms with Crippen LogP contribution in [0.5, 0.6) is 17.4 Å². The quantitative estimate of drug-likeness (QED) is 0.0981. The number of rotatable bonds is 13. The molecule has 1 N–H and O–H groups in total. The molecule has 47 heavy (non-hydrogen) atoms. The first kappa shape index (κ1) is 32.2. The van der Waals surface area contributed by atoms with E-state index in [1.54, 1.807) is 36.4 Å². The maximum atomic E-state index is 11.6. The van der Waals surface area contributed by atoms with E-state index >= 15 is 0 Å². The Morgan fingerprint density at radius 1 is 1.00 bits per heavy atom. The van der Waals surface area contributed by atoms with Crippen LogP contribution >= 0.6 is 0 Å². The zero-order valence-electron chi connectivity index (χ0n) is 27.2. The van der Waals surface area contributed by atoms with Gasteiger partial charge in [-0.05, 0) is 45.8 Å². The fourth-order valence-corrected chi connectivity index (χ4v) is 5.62. The summed E-state index contributed by atoms with van der Waals surface area (Å²) in [5.41, 5.74) is 1.49. The highest BCUT2D eigenvalue weighted by Crippen LogP contribution is 2.33. The third kappa shape index (κ3) is 8.16. The Balaban J connectivity index is 1.12. The molecule has 0 bridgehead atoms. The number of hydrogen-bond acceptors (Lipinski definition) is 13. The number of nitrogens with one attached hydrogen (secondary N) is 1. The van der Waals surface area contributed by atoms with Gasteiger partial charge in [0.15, 0.2) is 11.4 Å². The summed E-state index contributed by atoms with van der Waals surface area (Å²) in [7, 11) is 5.76. The van der Waals surface area contributed by atoms with E-state index in [9.17, 15) is 5.21 Å². The number of pyridine rings is 2. The fraction of sp³-hybridized carbons (Fsp3) is 0.500. The highest BCUT2D eigenvalue weighted by molar-refractivity contribution is 5.87. The van der Waals surface area contributed by atoms with Crippen LogP contribution in [0.15, 0.2) is 36.9 Å². The van der Waals surface area contributed by atoms with E-state index < -0.39 is 0 Å². The Morgan fingerprint density at radius 3 is 2.45 bits per heavy atom. The van der Waals surface area contributed by atoms with Gasteiger partial charge in [-0.2, -0.15) is 4.98 Å². The highest BCUT2D eigenvalue weighted by atomic mass is 16.5. The fourth-order valence-electron chi connectivity index (χ4n) is 5.62. The van der Waals surface area contributed by atoms with E-state index in [4.69, 9.17) is 28.9 Å². The molecule has 1 aliphatic carbocycles. The minimum absolute atomic E-state index is 0.00721. The number of nitrogens with zero attached hydrogens (tertiary/aromatic N) is 9. The van der Waals surface area contributed by atoms with Gasteiger partial charge in [0.25, 0.3) is 0 Å². The highest BCUT2D eigenvalue weighted by Gasteiger charge is 2.25. The molecule has 0 amide bonds. The van der Waals surface area contributed by atoms with Crippen molar-refractivity contribution in [3.8, 4) is 17.4 Å². The Bertz CT molecular complexity index is 1650. The molecule has 0 atom stereocenters. The van der Waals surface area contributed by atoms with Gasteiger partial charge in [-0.15, -0.1) is 0 Å². The molecule has 4 aromatic heterocycles. The number of likely N-dealkylation sites (N-methyl/N-ethyl adjacent to an activating group) is 1. The number of anilines is 2. The molecule has 6 rings (SSSR count). The third-order valence-corrected chi connectivity index (χ3v) is 8.33. The van der Waals surface area contributed by atoms with Crippen molar-refractivity contribution < 1.29 is 23.7 Å². The predicted molar refractivity (Wildman–Crippen MR) is 177 cm³/mol. The first-order valence-corrected chi connectivity index (χ1v) is 15.9. The summed E-state index contributed by atoms with van der Waals surface area (Å²) in [5.74, 6) is 3.36. The van der Waals surface area contributed by atoms with Gasteiger partial charge in [0.1, 0.15) is 37.1 Å². The monoisotopic (exact) mass is 646 g/mol. The molecule has 0 spiro atoms. The standard InChI is InChI=1S/C32H42N10O5/c1-39(2)9-14-45-26-19-34-31(35-20-26)37-22-5-7-24(8-6-22)47-30-27-15-25(46-21-23-17-36-32(40(23)3)41(4)43)18-33-28(27)16-29(38-30)42-10-12-44-13-11-42/h15-20,22,24H,4-14,21H2,1-3H3,(H,34,35,37)/t22-,24+. The van der Waals surface area contributed by atoms with Gasteiger partial charge < -0.3 is 39.3 Å². The van der Waals surface area contributed by atoms with Crippen LogP contribution in [0.25, 0.3) is 10.9 Å². The number of hydrogen-bond donors (Lipinski definition) is 1. The van der Waals surface area contributed by atoms with Gasteiger partial charge in [0.05, 0.1) is 49.8 Å². The molecule has 5 heterocycles. The van der Waals surface area contributed by atoms with Crippen molar-refractivity contribution in [2.75, 3.05) is 63.8 Å². The second-order valence-corrected chi connectivity index (χ2v) is 12.0. The summed E-state index contributed by atoms with van der Waals surface area (Å²) in [5, 5.41) is 15.9. The topological polar surface area (TPSA) is 151 Å². The maximum Gasteiger partial charge on any atom is 0.398 e. The lowest BCUT2D eigenvalue weighted by molar-refractivity contribution is -0.362. The van der Waals surface area contributed by atoms with E-state index in [0.717, 1.165) is 67.7 Å². The number of morpholine rings is 1. The van der Waals surface area contributed by atoms with Crippen LogP contribution in [0.2, 0.25) is 0 Å². The predicted octanol–water partition coefficient (Wildman–Crippen LogP) is 3.15. The summed E-state index contributed by atoms with van der Waals surface area (Å²) in [6.45, 7) is 7.79. The SMILES string of the molecule is C=[N+]([O-])c1ncc(COc2cnc3cc(N4CCOCC4)nc(O[C@H]4CC[C@@H](Nc5ncc(OCCN(C)C)cn5)CC4)c3c2)n1C. The Hall–Kier alpha value is -4.76. The van der Waals surface area contributed by atoms with Crippen LogP contribution in [0.3, 0.4) is 0 Å². The second-order valence-electron chi connectivity index (χ2n) is 12.0. The van der Waals surface area contributed by atoms with Gasteiger partial charge in [-0.3, -0.25) is 9.72 Å².